The summed E-state index contributed by atoms with van der Waals surface area (Å²) in [5, 5.41) is 0. The van der Waals surface area contributed by atoms with Gasteiger partial charge in [-0.3, -0.25) is 14.6 Å². The Morgan fingerprint density at radius 2 is 0.844 bits per heavy atom. The number of hydrogen-bond donors (Lipinski definition) is 0. The van der Waals surface area contributed by atoms with Crippen molar-refractivity contribution in [2.24, 2.45) is 0 Å². The zero-order valence-corrected chi connectivity index (χ0v) is 21.9. The first-order valence-electron chi connectivity index (χ1n) is 12.5. The molecule has 3 fully saturated rings. The van der Waals surface area contributed by atoms with Crippen molar-refractivity contribution in [3.8, 4) is 0 Å². The van der Waals surface area contributed by atoms with Crippen LogP contribution in [-0.2, 0) is 4.79 Å². The van der Waals surface area contributed by atoms with Crippen LogP contribution in [0.3, 0.4) is 0 Å². The van der Waals surface area contributed by atoms with E-state index in [1.54, 1.807) is 0 Å². The molecule has 0 bridgehead atoms. The van der Waals surface area contributed by atoms with E-state index >= 15 is 0 Å². The van der Waals surface area contributed by atoms with Crippen molar-refractivity contribution in [1.29, 1.82) is 0 Å². The molecule has 4 heteroatoms. The normalized spacial score (nSPS) is 20.8. The number of piperidine rings is 2. The lowest BCUT2D eigenvalue weighted by molar-refractivity contribution is -0.131. The first-order chi connectivity index (χ1) is 13.7. The molecule has 0 aromatic rings. The molecular weight excluding hydrogens is 394 g/mol. The first kappa shape index (κ1) is 33.6. The van der Waals surface area contributed by atoms with Crippen molar-refractivity contribution < 1.29 is 4.79 Å². The van der Waals surface area contributed by atoms with Crippen LogP contribution in [0.25, 0.3) is 0 Å². The second-order valence-electron chi connectivity index (χ2n) is 12.3. The topological polar surface area (TPSA) is 26.8 Å². The second-order valence-corrected chi connectivity index (χ2v) is 12.3. The van der Waals surface area contributed by atoms with Crippen LogP contribution in [0.15, 0.2) is 0 Å². The van der Waals surface area contributed by atoms with Crippen LogP contribution >= 0.6 is 0 Å². The van der Waals surface area contributed by atoms with Crippen molar-refractivity contribution in [2.45, 2.75) is 145 Å². The molecule has 0 aromatic heterocycles. The first-order valence-corrected chi connectivity index (χ1v) is 12.5. The fraction of sp³-hybridized carbons (Fsp3) is 0.964. The third kappa shape index (κ3) is 12.6. The Morgan fingerprint density at radius 1 is 0.500 bits per heavy atom. The quantitative estimate of drug-likeness (QED) is 0.386. The minimum absolute atomic E-state index is 0. The maximum Gasteiger partial charge on any atom is 0.223 e. The van der Waals surface area contributed by atoms with Crippen molar-refractivity contribution in [3.63, 3.8) is 0 Å². The van der Waals surface area contributed by atoms with Crippen LogP contribution in [0.5, 0.6) is 0 Å². The van der Waals surface area contributed by atoms with E-state index in [1.165, 1.54) is 64.7 Å². The molecule has 0 N–H and O–H groups in total. The average Bonchev–Trinajstić information content (AvgIpc) is 3.09. The summed E-state index contributed by atoms with van der Waals surface area (Å²) in [5.74, 6) is 0.313. The second kappa shape index (κ2) is 14.6. The molecular formula is C28H61N3O. The van der Waals surface area contributed by atoms with E-state index < -0.39 is 0 Å². The minimum Gasteiger partial charge on any atom is -0.338 e. The van der Waals surface area contributed by atoms with Gasteiger partial charge in [0.15, 0.2) is 0 Å². The van der Waals surface area contributed by atoms with Gasteiger partial charge in [-0.2, -0.15) is 0 Å². The Balaban J connectivity index is 0. The monoisotopic (exact) mass is 455 g/mol. The highest BCUT2D eigenvalue weighted by Gasteiger charge is 2.29. The van der Waals surface area contributed by atoms with Gasteiger partial charge in [-0.25, -0.2) is 0 Å². The van der Waals surface area contributed by atoms with Crippen LogP contribution in [-0.4, -0.2) is 69.9 Å². The number of hydrogen-bond acceptors (Lipinski definition) is 3. The smallest absolute Gasteiger partial charge is 0.223 e. The summed E-state index contributed by atoms with van der Waals surface area (Å²) >= 11 is 0. The van der Waals surface area contributed by atoms with Gasteiger partial charge in [-0.15, -0.1) is 0 Å². The Kier molecular flexibility index (Phi) is 15.3. The number of amides is 1. The molecule has 0 saturated carbocycles. The summed E-state index contributed by atoms with van der Waals surface area (Å²) in [4.78, 5) is 18.3. The summed E-state index contributed by atoms with van der Waals surface area (Å²) in [6, 6.07) is 0. The molecule has 1 amide bonds. The van der Waals surface area contributed by atoms with Gasteiger partial charge in [0.05, 0.1) is 0 Å². The van der Waals surface area contributed by atoms with E-state index in [0.717, 1.165) is 19.4 Å². The van der Waals surface area contributed by atoms with Crippen LogP contribution < -0.4 is 0 Å². The van der Waals surface area contributed by atoms with E-state index in [-0.39, 0.29) is 20.4 Å². The molecule has 4 nitrogen and oxygen atoms in total. The Hall–Kier alpha value is -0.610. The summed E-state index contributed by atoms with van der Waals surface area (Å²) in [7, 11) is 0. The molecule has 3 rings (SSSR count). The fourth-order valence-corrected chi connectivity index (χ4v) is 4.49. The molecule has 194 valence electrons. The zero-order chi connectivity index (χ0) is 23.0. The highest BCUT2D eigenvalue weighted by Crippen LogP contribution is 2.21. The van der Waals surface area contributed by atoms with E-state index in [4.69, 9.17) is 0 Å². The third-order valence-electron chi connectivity index (χ3n) is 6.49. The Bertz CT molecular complexity index is 456. The number of rotatable bonds is 0. The number of likely N-dealkylation sites (tertiary alicyclic amines) is 3. The fourth-order valence-electron chi connectivity index (χ4n) is 4.49. The predicted molar refractivity (Wildman–Crippen MR) is 145 cm³/mol. The van der Waals surface area contributed by atoms with Gasteiger partial charge in [0, 0.05) is 29.6 Å². The predicted octanol–water partition coefficient (Wildman–Crippen LogP) is 7.22. The van der Waals surface area contributed by atoms with E-state index in [1.807, 2.05) is 4.90 Å². The van der Waals surface area contributed by atoms with Crippen LogP contribution in [0.1, 0.15) is 129 Å². The van der Waals surface area contributed by atoms with E-state index in [2.05, 4.69) is 72.1 Å². The number of carbonyl (C=O) groups is 1. The molecule has 3 aliphatic heterocycles. The highest BCUT2D eigenvalue weighted by atomic mass is 16.2. The van der Waals surface area contributed by atoms with E-state index in [0.29, 0.717) is 17.0 Å². The molecule has 3 heterocycles. The Morgan fingerprint density at radius 3 is 1.00 bits per heavy atom. The Labute approximate surface area is 203 Å². The molecule has 3 saturated heterocycles. The van der Waals surface area contributed by atoms with Crippen molar-refractivity contribution in [2.75, 3.05) is 32.7 Å². The summed E-state index contributed by atoms with van der Waals surface area (Å²) in [6.07, 6.45) is 10.3. The zero-order valence-electron chi connectivity index (χ0n) is 21.9. The summed E-state index contributed by atoms with van der Waals surface area (Å²) in [5.41, 5.74) is 0.842. The van der Waals surface area contributed by atoms with Crippen molar-refractivity contribution in [1.82, 2.24) is 14.7 Å². The molecule has 0 unspecified atom stereocenters. The van der Waals surface area contributed by atoms with Gasteiger partial charge in [0.25, 0.3) is 0 Å². The molecule has 0 aliphatic carbocycles. The SMILES string of the molecule is C.C.CC(C)(C)N1CCCC1=O.CC(C)(C)N1CCCCC1.CC(C)(C)N1CCCCC1. The lowest BCUT2D eigenvalue weighted by Gasteiger charge is -2.38. The maximum absolute atomic E-state index is 11.1. The molecule has 32 heavy (non-hydrogen) atoms. The van der Waals surface area contributed by atoms with Gasteiger partial charge in [0.2, 0.25) is 5.91 Å². The van der Waals surface area contributed by atoms with Crippen LogP contribution in [0, 0.1) is 0 Å². The lowest BCUT2D eigenvalue weighted by Crippen LogP contribution is -2.44. The van der Waals surface area contributed by atoms with Gasteiger partial charge in [-0.1, -0.05) is 27.7 Å². The van der Waals surface area contributed by atoms with Gasteiger partial charge >= 0.3 is 0 Å². The molecule has 0 radical (unpaired) electrons. The van der Waals surface area contributed by atoms with Crippen molar-refractivity contribution in [3.05, 3.63) is 0 Å². The summed E-state index contributed by atoms with van der Waals surface area (Å²) < 4.78 is 0. The van der Waals surface area contributed by atoms with Gasteiger partial charge in [0.1, 0.15) is 0 Å². The van der Waals surface area contributed by atoms with Gasteiger partial charge < -0.3 is 4.90 Å². The highest BCUT2D eigenvalue weighted by molar-refractivity contribution is 5.78. The minimum atomic E-state index is 0. The number of nitrogens with zero attached hydrogens (tertiary/aromatic N) is 3. The summed E-state index contributed by atoms with van der Waals surface area (Å²) in [6.45, 7) is 26.2. The van der Waals surface area contributed by atoms with Gasteiger partial charge in [-0.05, 0) is 121 Å². The van der Waals surface area contributed by atoms with Crippen LogP contribution in [0.4, 0.5) is 0 Å². The number of carbonyl (C=O) groups excluding carboxylic acids is 1. The van der Waals surface area contributed by atoms with Crippen molar-refractivity contribution >= 4 is 5.91 Å². The molecule has 0 atom stereocenters. The van der Waals surface area contributed by atoms with E-state index in [9.17, 15) is 4.79 Å². The molecule has 0 aromatic carbocycles. The molecule has 3 aliphatic rings. The average molecular weight is 456 g/mol. The third-order valence-corrected chi connectivity index (χ3v) is 6.49. The maximum atomic E-state index is 11.1. The largest absolute Gasteiger partial charge is 0.338 e. The standard InChI is InChI=1S/2C9H19N.C8H15NO.2CH4/c2*1-9(2,3)10-7-5-4-6-8-10;1-8(2,3)9-6-4-5-7(9)10;;/h2*4-8H2,1-3H3;4-6H2,1-3H3;2*1H4. The van der Waals surface area contributed by atoms with Crippen LogP contribution in [0.2, 0.25) is 0 Å². The lowest BCUT2D eigenvalue weighted by atomic mass is 10.0. The molecule has 0 spiro atoms.